The van der Waals surface area contributed by atoms with Crippen LogP contribution in [0.5, 0.6) is 0 Å². The van der Waals surface area contributed by atoms with Crippen molar-refractivity contribution in [1.29, 1.82) is 0 Å². The normalized spacial score (nSPS) is 16.8. The zero-order valence-corrected chi connectivity index (χ0v) is 22.8. The Labute approximate surface area is 206 Å². The average molecular weight is 479 g/mol. The molecule has 1 aliphatic carbocycles. The Kier molecular flexibility index (Phi) is 14.5. The number of methoxy groups -OCH3 is 2. The van der Waals surface area contributed by atoms with E-state index in [0.717, 1.165) is 24.2 Å². The highest BCUT2D eigenvalue weighted by atomic mass is 32.2. The minimum atomic E-state index is -0.323. The van der Waals surface area contributed by atoms with Crippen LogP contribution in [0.3, 0.4) is 0 Å². The molecule has 0 saturated carbocycles. The van der Waals surface area contributed by atoms with E-state index in [1.54, 1.807) is 0 Å². The first-order valence-electron chi connectivity index (χ1n) is 12.6. The second-order valence-electron chi connectivity index (χ2n) is 9.99. The summed E-state index contributed by atoms with van der Waals surface area (Å²) in [5, 5.41) is 0. The fourth-order valence-corrected chi connectivity index (χ4v) is 5.11. The molecule has 0 bridgehead atoms. The van der Waals surface area contributed by atoms with E-state index in [2.05, 4.69) is 40.7 Å². The SMILES string of the molecule is COC1=C(OC)C(=O)C(SC/C=C(\C)CCCC(C)CCCC(C)CCCC(C)C)=CC1=O. The molecule has 0 radical (unpaired) electrons. The zero-order valence-electron chi connectivity index (χ0n) is 22.0. The Morgan fingerprint density at radius 2 is 1.42 bits per heavy atom. The van der Waals surface area contributed by atoms with Crippen molar-refractivity contribution in [2.75, 3.05) is 20.0 Å². The molecule has 2 atom stereocenters. The number of allylic oxidation sites excluding steroid dienone is 3. The van der Waals surface area contributed by atoms with Crippen LogP contribution in [0.15, 0.2) is 34.1 Å². The van der Waals surface area contributed by atoms with Crippen molar-refractivity contribution in [2.24, 2.45) is 17.8 Å². The van der Waals surface area contributed by atoms with Crippen LogP contribution in [-0.4, -0.2) is 31.5 Å². The number of hydrogen-bond acceptors (Lipinski definition) is 5. The van der Waals surface area contributed by atoms with Gasteiger partial charge in [0, 0.05) is 11.8 Å². The van der Waals surface area contributed by atoms with Gasteiger partial charge in [-0.2, -0.15) is 0 Å². The smallest absolute Gasteiger partial charge is 0.238 e. The maximum Gasteiger partial charge on any atom is 0.238 e. The van der Waals surface area contributed by atoms with E-state index in [1.807, 2.05) is 0 Å². The number of rotatable bonds is 17. The lowest BCUT2D eigenvalue weighted by atomic mass is 9.91. The Bertz CT molecular complexity index is 717. The number of ketones is 2. The quantitative estimate of drug-likeness (QED) is 0.159. The maximum atomic E-state index is 12.5. The van der Waals surface area contributed by atoms with Gasteiger partial charge in [-0.05, 0) is 37.5 Å². The van der Waals surface area contributed by atoms with Gasteiger partial charge in [-0.3, -0.25) is 9.59 Å². The molecule has 0 aromatic heterocycles. The molecule has 1 rings (SSSR count). The van der Waals surface area contributed by atoms with Crippen LogP contribution in [-0.2, 0) is 19.1 Å². The summed E-state index contributed by atoms with van der Waals surface area (Å²) in [5.41, 5.74) is 1.34. The first kappa shape index (κ1) is 29.5. The number of hydrogen-bond donors (Lipinski definition) is 0. The number of ether oxygens (including phenoxy) is 2. The van der Waals surface area contributed by atoms with Crippen molar-refractivity contribution in [2.45, 2.75) is 92.4 Å². The number of carbonyl (C=O) groups is 2. The molecule has 0 spiro atoms. The second kappa shape index (κ2) is 16.2. The first-order chi connectivity index (χ1) is 15.7. The molecule has 0 N–H and O–H groups in total. The predicted molar refractivity (Wildman–Crippen MR) is 140 cm³/mol. The maximum absolute atomic E-state index is 12.5. The van der Waals surface area contributed by atoms with Crippen LogP contribution in [0, 0.1) is 17.8 Å². The second-order valence-corrected chi connectivity index (χ2v) is 11.1. The van der Waals surface area contributed by atoms with Crippen LogP contribution in [0.25, 0.3) is 0 Å². The van der Waals surface area contributed by atoms with Crippen molar-refractivity contribution in [3.8, 4) is 0 Å². The van der Waals surface area contributed by atoms with Gasteiger partial charge in [-0.1, -0.05) is 84.3 Å². The lowest BCUT2D eigenvalue weighted by Gasteiger charge is -2.16. The van der Waals surface area contributed by atoms with Gasteiger partial charge in [0.2, 0.25) is 23.1 Å². The molecule has 188 valence electrons. The fourth-order valence-electron chi connectivity index (χ4n) is 4.15. The van der Waals surface area contributed by atoms with Crippen LogP contribution >= 0.6 is 11.8 Å². The van der Waals surface area contributed by atoms with Gasteiger partial charge in [0.25, 0.3) is 0 Å². The van der Waals surface area contributed by atoms with Gasteiger partial charge in [0.15, 0.2) is 0 Å². The zero-order chi connectivity index (χ0) is 24.8. The van der Waals surface area contributed by atoms with Gasteiger partial charge < -0.3 is 9.47 Å². The summed E-state index contributed by atoms with van der Waals surface area (Å²) in [7, 11) is 2.75. The summed E-state index contributed by atoms with van der Waals surface area (Å²) < 4.78 is 10.1. The Morgan fingerprint density at radius 3 is 1.97 bits per heavy atom. The highest BCUT2D eigenvalue weighted by molar-refractivity contribution is 8.04. The molecule has 0 aromatic carbocycles. The summed E-state index contributed by atoms with van der Waals surface area (Å²) in [6.45, 7) is 11.6. The number of thioether (sulfide) groups is 1. The molecule has 0 aliphatic heterocycles. The lowest BCUT2D eigenvalue weighted by Crippen LogP contribution is -2.20. The van der Waals surface area contributed by atoms with Crippen LogP contribution in [0.2, 0.25) is 0 Å². The van der Waals surface area contributed by atoms with Crippen molar-refractivity contribution >= 4 is 23.3 Å². The number of carbonyl (C=O) groups excluding carboxylic acids is 2. The average Bonchev–Trinajstić information content (AvgIpc) is 2.75. The highest BCUT2D eigenvalue weighted by Crippen LogP contribution is 2.28. The Hall–Kier alpha value is -1.49. The van der Waals surface area contributed by atoms with Gasteiger partial charge in [0.1, 0.15) is 0 Å². The van der Waals surface area contributed by atoms with Crippen molar-refractivity contribution in [1.82, 2.24) is 0 Å². The van der Waals surface area contributed by atoms with Gasteiger partial charge in [-0.25, -0.2) is 0 Å². The Balaban J connectivity index is 2.26. The largest absolute Gasteiger partial charge is 0.490 e. The first-order valence-corrected chi connectivity index (χ1v) is 13.6. The molecule has 0 aromatic rings. The molecule has 0 amide bonds. The summed E-state index contributed by atoms with van der Waals surface area (Å²) in [6, 6.07) is 0. The van der Waals surface area contributed by atoms with Gasteiger partial charge in [0.05, 0.1) is 19.1 Å². The third kappa shape index (κ3) is 11.5. The topological polar surface area (TPSA) is 52.6 Å². The molecule has 0 heterocycles. The van der Waals surface area contributed by atoms with E-state index in [4.69, 9.17) is 9.47 Å². The fraction of sp³-hybridized carbons (Fsp3) is 0.714. The minimum Gasteiger partial charge on any atom is -0.490 e. The summed E-state index contributed by atoms with van der Waals surface area (Å²) in [6.07, 6.45) is 15.2. The highest BCUT2D eigenvalue weighted by Gasteiger charge is 2.30. The molecular formula is C28H46O4S. The molecule has 33 heavy (non-hydrogen) atoms. The van der Waals surface area contributed by atoms with E-state index in [1.165, 1.54) is 89.0 Å². The van der Waals surface area contributed by atoms with E-state index < -0.39 is 0 Å². The van der Waals surface area contributed by atoms with E-state index in [0.29, 0.717) is 10.7 Å². The molecule has 1 aliphatic rings. The summed E-state index contributed by atoms with van der Waals surface area (Å²) in [4.78, 5) is 25.0. The standard InChI is InChI=1S/C28H46O4S/c1-20(2)11-8-12-21(3)13-9-14-22(4)15-10-16-23(5)17-18-33-25-19-24(29)27(31-6)28(32-7)26(25)30/h17,19-22H,8-16,18H2,1-7H3/b23-17+. The van der Waals surface area contributed by atoms with Crippen molar-refractivity contribution < 1.29 is 19.1 Å². The summed E-state index contributed by atoms with van der Waals surface area (Å²) >= 11 is 1.37. The van der Waals surface area contributed by atoms with E-state index in [9.17, 15) is 9.59 Å². The van der Waals surface area contributed by atoms with Crippen LogP contribution in [0.4, 0.5) is 0 Å². The van der Waals surface area contributed by atoms with Gasteiger partial charge >= 0.3 is 0 Å². The van der Waals surface area contributed by atoms with Crippen LogP contribution in [0.1, 0.15) is 92.4 Å². The van der Waals surface area contributed by atoms with E-state index >= 15 is 0 Å². The molecule has 4 nitrogen and oxygen atoms in total. The molecule has 2 unspecified atom stereocenters. The third-order valence-electron chi connectivity index (χ3n) is 6.34. The summed E-state index contributed by atoms with van der Waals surface area (Å²) in [5.74, 6) is 2.50. The van der Waals surface area contributed by atoms with Crippen molar-refractivity contribution in [3.05, 3.63) is 34.1 Å². The lowest BCUT2D eigenvalue weighted by molar-refractivity contribution is -0.119. The van der Waals surface area contributed by atoms with Crippen molar-refractivity contribution in [3.63, 3.8) is 0 Å². The Morgan fingerprint density at radius 1 is 0.879 bits per heavy atom. The molecular weight excluding hydrogens is 432 g/mol. The monoisotopic (exact) mass is 478 g/mol. The van der Waals surface area contributed by atoms with E-state index in [-0.39, 0.29) is 23.1 Å². The molecule has 5 heteroatoms. The number of Topliss-reactive ketones (excluding diaryl/α,β-unsaturated/α-hetero) is 1. The van der Waals surface area contributed by atoms with Gasteiger partial charge in [-0.15, -0.1) is 11.8 Å². The minimum absolute atomic E-state index is 0.00728. The third-order valence-corrected chi connectivity index (χ3v) is 7.29. The molecule has 0 saturated heterocycles. The molecule has 0 fully saturated rings. The van der Waals surface area contributed by atoms with Crippen LogP contribution < -0.4 is 0 Å². The predicted octanol–water partition coefficient (Wildman–Crippen LogP) is 7.65.